The first-order chi connectivity index (χ1) is 11.7. The maximum Gasteiger partial charge on any atom is 0.226 e. The zero-order chi connectivity index (χ0) is 16.6. The summed E-state index contributed by atoms with van der Waals surface area (Å²) < 4.78 is 0. The minimum absolute atomic E-state index is 0.107. The molecule has 1 aliphatic carbocycles. The molecule has 0 bridgehead atoms. The number of nitrogens with zero attached hydrogens (tertiary/aromatic N) is 3. The van der Waals surface area contributed by atoms with Crippen molar-refractivity contribution < 1.29 is 4.79 Å². The molecule has 0 radical (unpaired) electrons. The number of thiophene rings is 1. The first kappa shape index (κ1) is 15.2. The predicted molar refractivity (Wildman–Crippen MR) is 93.8 cm³/mol. The predicted octanol–water partition coefficient (Wildman–Crippen LogP) is 3.34. The molecule has 122 valence electrons. The van der Waals surface area contributed by atoms with Gasteiger partial charge in [-0.3, -0.25) is 4.79 Å². The van der Waals surface area contributed by atoms with Gasteiger partial charge in [0.25, 0.3) is 0 Å². The molecule has 4 rings (SSSR count). The van der Waals surface area contributed by atoms with E-state index in [0.717, 1.165) is 38.2 Å². The van der Waals surface area contributed by atoms with Gasteiger partial charge in [-0.2, -0.15) is 5.26 Å². The van der Waals surface area contributed by atoms with Gasteiger partial charge in [0.1, 0.15) is 5.82 Å². The molecular formula is C18H18N4OS. The Labute approximate surface area is 144 Å². The second-order valence-electron chi connectivity index (χ2n) is 6.56. The number of anilines is 2. The van der Waals surface area contributed by atoms with E-state index in [0.29, 0.717) is 5.69 Å². The average Bonchev–Trinajstić information content (AvgIpc) is 3.20. The Kier molecular flexibility index (Phi) is 3.73. The maximum absolute atomic E-state index is 12.0. The molecule has 1 N–H and O–H groups in total. The van der Waals surface area contributed by atoms with E-state index in [1.54, 1.807) is 6.20 Å². The summed E-state index contributed by atoms with van der Waals surface area (Å²) in [5, 5.41) is 14.1. The monoisotopic (exact) mass is 338 g/mol. The van der Waals surface area contributed by atoms with Crippen molar-refractivity contribution in [2.75, 3.05) is 16.8 Å². The van der Waals surface area contributed by atoms with Crippen molar-refractivity contribution in [3.05, 3.63) is 40.2 Å². The van der Waals surface area contributed by atoms with Gasteiger partial charge in [0.05, 0.1) is 23.4 Å². The first-order valence-electron chi connectivity index (χ1n) is 8.15. The van der Waals surface area contributed by atoms with Crippen molar-refractivity contribution in [1.29, 1.82) is 5.26 Å². The number of rotatable bonds is 4. The van der Waals surface area contributed by atoms with Crippen LogP contribution in [0.2, 0.25) is 0 Å². The number of aromatic nitrogens is 1. The molecule has 0 saturated heterocycles. The highest BCUT2D eigenvalue weighted by molar-refractivity contribution is 7.10. The number of carbonyl (C=O) groups is 1. The van der Waals surface area contributed by atoms with Crippen LogP contribution in [0.3, 0.4) is 0 Å². The topological polar surface area (TPSA) is 69.0 Å². The smallest absolute Gasteiger partial charge is 0.226 e. The van der Waals surface area contributed by atoms with Crippen LogP contribution in [0.25, 0.3) is 0 Å². The second kappa shape index (κ2) is 5.91. The largest absolute Gasteiger partial charge is 0.352 e. The van der Waals surface area contributed by atoms with Crippen molar-refractivity contribution in [3.8, 4) is 6.07 Å². The average molecular weight is 338 g/mol. The molecule has 2 aliphatic rings. The Morgan fingerprint density at radius 3 is 3.00 bits per heavy atom. The number of amides is 1. The molecule has 6 heteroatoms. The highest BCUT2D eigenvalue weighted by atomic mass is 32.1. The number of pyridine rings is 1. The maximum atomic E-state index is 12.0. The molecule has 0 aromatic carbocycles. The zero-order valence-electron chi connectivity index (χ0n) is 13.3. The Bertz CT molecular complexity index is 801. The van der Waals surface area contributed by atoms with Gasteiger partial charge >= 0.3 is 0 Å². The van der Waals surface area contributed by atoms with E-state index in [1.165, 1.54) is 10.4 Å². The van der Waals surface area contributed by atoms with Crippen LogP contribution in [0.5, 0.6) is 0 Å². The third-order valence-corrected chi connectivity index (χ3v) is 5.78. The first-order valence-corrected chi connectivity index (χ1v) is 9.03. The van der Waals surface area contributed by atoms with Crippen molar-refractivity contribution in [2.24, 2.45) is 5.41 Å². The molecular weight excluding hydrogens is 320 g/mol. The number of hydrogen-bond acceptors (Lipinski definition) is 5. The van der Waals surface area contributed by atoms with Gasteiger partial charge in [-0.15, -0.1) is 11.3 Å². The number of nitrogens with one attached hydrogen (secondary N) is 1. The molecule has 0 unspecified atom stereocenters. The molecule has 5 nitrogen and oxygen atoms in total. The SMILES string of the molecule is N#CC1(CC(=O)Nc2ccc(N3CCc4sccc4C3)nc2)CC1. The van der Waals surface area contributed by atoms with Crippen molar-refractivity contribution in [1.82, 2.24) is 4.98 Å². The quantitative estimate of drug-likeness (QED) is 0.928. The molecule has 0 atom stereocenters. The summed E-state index contributed by atoms with van der Waals surface area (Å²) >= 11 is 1.83. The van der Waals surface area contributed by atoms with E-state index >= 15 is 0 Å². The lowest BCUT2D eigenvalue weighted by Crippen LogP contribution is -2.30. The fraction of sp³-hybridized carbons (Fsp3) is 0.389. The van der Waals surface area contributed by atoms with Gasteiger partial charge < -0.3 is 10.2 Å². The van der Waals surface area contributed by atoms with E-state index in [4.69, 9.17) is 5.26 Å². The van der Waals surface area contributed by atoms with Crippen LogP contribution < -0.4 is 10.2 Å². The highest BCUT2D eigenvalue weighted by Crippen LogP contribution is 2.48. The molecule has 3 heterocycles. The molecule has 1 saturated carbocycles. The van der Waals surface area contributed by atoms with Gasteiger partial charge in [-0.25, -0.2) is 4.98 Å². The van der Waals surface area contributed by atoms with Gasteiger partial charge in [0.2, 0.25) is 5.91 Å². The van der Waals surface area contributed by atoms with E-state index in [9.17, 15) is 4.79 Å². The summed E-state index contributed by atoms with van der Waals surface area (Å²) in [7, 11) is 0. The summed E-state index contributed by atoms with van der Waals surface area (Å²) in [6, 6.07) is 8.26. The van der Waals surface area contributed by atoms with E-state index in [2.05, 4.69) is 32.7 Å². The third kappa shape index (κ3) is 3.00. The molecule has 24 heavy (non-hydrogen) atoms. The summed E-state index contributed by atoms with van der Waals surface area (Å²) in [5.74, 6) is 0.824. The number of carbonyl (C=O) groups excluding carboxylic acids is 1. The molecule has 1 amide bonds. The second-order valence-corrected chi connectivity index (χ2v) is 7.56. The van der Waals surface area contributed by atoms with Crippen LogP contribution in [0.4, 0.5) is 11.5 Å². The van der Waals surface area contributed by atoms with Crippen molar-refractivity contribution >= 4 is 28.7 Å². The minimum Gasteiger partial charge on any atom is -0.352 e. The van der Waals surface area contributed by atoms with E-state index < -0.39 is 5.41 Å². The molecule has 1 aliphatic heterocycles. The normalized spacial score (nSPS) is 17.7. The molecule has 2 aromatic rings. The summed E-state index contributed by atoms with van der Waals surface area (Å²) in [4.78, 5) is 20.2. The third-order valence-electron chi connectivity index (χ3n) is 4.75. The highest BCUT2D eigenvalue weighted by Gasteiger charge is 2.44. The van der Waals surface area contributed by atoms with Gasteiger partial charge in [-0.1, -0.05) is 0 Å². The van der Waals surface area contributed by atoms with Crippen LogP contribution >= 0.6 is 11.3 Å². The van der Waals surface area contributed by atoms with Gasteiger partial charge in [0.15, 0.2) is 0 Å². The van der Waals surface area contributed by atoms with Crippen LogP contribution in [0, 0.1) is 16.7 Å². The van der Waals surface area contributed by atoms with Gasteiger partial charge in [0, 0.05) is 24.4 Å². The van der Waals surface area contributed by atoms with Gasteiger partial charge in [-0.05, 0) is 48.4 Å². The number of fused-ring (bicyclic) bond motifs is 1. The van der Waals surface area contributed by atoms with Crippen molar-refractivity contribution in [2.45, 2.75) is 32.2 Å². The molecule has 1 fully saturated rings. The zero-order valence-corrected chi connectivity index (χ0v) is 14.1. The van der Waals surface area contributed by atoms with E-state index in [-0.39, 0.29) is 12.3 Å². The number of hydrogen-bond donors (Lipinski definition) is 1. The van der Waals surface area contributed by atoms with E-state index in [1.807, 2.05) is 23.5 Å². The fourth-order valence-corrected chi connectivity index (χ4v) is 3.97. The van der Waals surface area contributed by atoms with Crippen LogP contribution in [-0.2, 0) is 17.8 Å². The van der Waals surface area contributed by atoms with Crippen LogP contribution in [-0.4, -0.2) is 17.4 Å². The Balaban J connectivity index is 1.38. The Morgan fingerprint density at radius 1 is 1.42 bits per heavy atom. The van der Waals surface area contributed by atoms with Crippen LogP contribution in [0.15, 0.2) is 29.8 Å². The fourth-order valence-electron chi connectivity index (χ4n) is 3.08. The summed E-state index contributed by atoms with van der Waals surface area (Å²) in [6.07, 6.45) is 4.69. The Morgan fingerprint density at radius 2 is 2.29 bits per heavy atom. The van der Waals surface area contributed by atoms with Crippen LogP contribution in [0.1, 0.15) is 29.7 Å². The number of nitriles is 1. The van der Waals surface area contributed by atoms with Crippen molar-refractivity contribution in [3.63, 3.8) is 0 Å². The Hall–Kier alpha value is -2.39. The summed E-state index contributed by atoms with van der Waals surface area (Å²) in [6.45, 7) is 1.86. The minimum atomic E-state index is -0.413. The molecule has 2 aromatic heterocycles. The standard InChI is InChI=1S/C18H18N4OS/c19-12-18(5-6-18)9-17(23)21-14-1-2-16(20-10-14)22-7-3-15-13(11-22)4-8-24-15/h1-2,4,8,10H,3,5-7,9,11H2,(H,21,23). The lowest BCUT2D eigenvalue weighted by atomic mass is 10.0. The lowest BCUT2D eigenvalue weighted by molar-refractivity contribution is -0.116. The lowest BCUT2D eigenvalue weighted by Gasteiger charge is -2.28. The molecule has 0 spiro atoms. The summed E-state index contributed by atoms with van der Waals surface area (Å²) in [5.41, 5.74) is 1.66.